The molecule has 0 N–H and O–H groups in total. The highest BCUT2D eigenvalue weighted by Crippen LogP contribution is 2.51. The molecule has 2 heterocycles. The van der Waals surface area contributed by atoms with Gasteiger partial charge >= 0.3 is 12.6 Å². The number of alkyl halides is 2. The molecule has 0 aliphatic carbocycles. The Morgan fingerprint density at radius 3 is 2.59 bits per heavy atom. The number of esters is 1. The van der Waals surface area contributed by atoms with Gasteiger partial charge in [-0.1, -0.05) is 0 Å². The molecule has 8 heteroatoms. The molecule has 1 spiro atoms. The Bertz CT molecular complexity index is 587. The Morgan fingerprint density at radius 1 is 1.27 bits per heavy atom. The van der Waals surface area contributed by atoms with Crippen molar-refractivity contribution >= 4 is 17.7 Å². The lowest BCUT2D eigenvalue weighted by Gasteiger charge is -2.31. The molecule has 0 bridgehead atoms. The van der Waals surface area contributed by atoms with Crippen molar-refractivity contribution in [1.29, 1.82) is 0 Å². The number of carbonyl (C=O) groups excluding carboxylic acids is 1. The van der Waals surface area contributed by atoms with Gasteiger partial charge in [-0.05, 0) is 12.1 Å². The number of halogens is 2. The van der Waals surface area contributed by atoms with Crippen molar-refractivity contribution in [3.8, 4) is 17.2 Å². The molecule has 3 rings (SSSR count). The van der Waals surface area contributed by atoms with Crippen LogP contribution in [0.3, 0.4) is 0 Å². The fourth-order valence-corrected chi connectivity index (χ4v) is 3.60. The Labute approximate surface area is 129 Å². The van der Waals surface area contributed by atoms with Gasteiger partial charge in [0, 0.05) is 24.3 Å². The third kappa shape index (κ3) is 2.67. The fourth-order valence-electron chi connectivity index (χ4n) is 2.48. The molecule has 22 heavy (non-hydrogen) atoms. The Kier molecular flexibility index (Phi) is 4.03. The lowest BCUT2D eigenvalue weighted by atomic mass is 10.1. The molecule has 2 aliphatic heterocycles. The highest BCUT2D eigenvalue weighted by Gasteiger charge is 2.46. The number of benzene rings is 1. The molecule has 1 aromatic carbocycles. The monoisotopic (exact) mass is 332 g/mol. The number of carbonyl (C=O) groups is 1. The lowest BCUT2D eigenvalue weighted by molar-refractivity contribution is -0.0894. The first-order chi connectivity index (χ1) is 10.5. The average Bonchev–Trinajstić information content (AvgIpc) is 2.86. The van der Waals surface area contributed by atoms with E-state index in [0.29, 0.717) is 12.8 Å². The van der Waals surface area contributed by atoms with Gasteiger partial charge in [0.05, 0.1) is 7.11 Å². The van der Waals surface area contributed by atoms with Crippen LogP contribution in [0.2, 0.25) is 0 Å². The summed E-state index contributed by atoms with van der Waals surface area (Å²) in [6.45, 7) is -2.99. The highest BCUT2D eigenvalue weighted by molar-refractivity contribution is 7.99. The second kappa shape index (κ2) is 5.83. The van der Waals surface area contributed by atoms with Crippen LogP contribution in [-0.2, 0) is 4.74 Å². The predicted molar refractivity (Wildman–Crippen MR) is 75.0 cm³/mol. The number of hydrogen-bond donors (Lipinski definition) is 0. The van der Waals surface area contributed by atoms with Gasteiger partial charge in [-0.15, -0.1) is 0 Å². The minimum absolute atomic E-state index is 0.0371. The summed E-state index contributed by atoms with van der Waals surface area (Å²) in [5.74, 6) is 0.113. The lowest BCUT2D eigenvalue weighted by Crippen LogP contribution is -2.42. The second-order valence-corrected chi connectivity index (χ2v) is 6.09. The maximum absolute atomic E-state index is 12.5. The first kappa shape index (κ1) is 15.2. The summed E-state index contributed by atoms with van der Waals surface area (Å²) < 4.78 is 45.9. The first-order valence-corrected chi connectivity index (χ1v) is 7.86. The van der Waals surface area contributed by atoms with Gasteiger partial charge in [-0.25, -0.2) is 4.79 Å². The van der Waals surface area contributed by atoms with E-state index in [9.17, 15) is 13.6 Å². The third-order valence-corrected chi connectivity index (χ3v) is 4.51. The standard InChI is InChI=1S/C14H14F2O5S/c1-18-12(17)8-2-3-9(19-13(15)16)11-10(8)20-14(21-11)4-6-22-7-5-14/h2-3,13H,4-7H2,1H3. The fraction of sp³-hybridized carbons (Fsp3) is 0.500. The van der Waals surface area contributed by atoms with Crippen LogP contribution in [-0.4, -0.2) is 37.0 Å². The largest absolute Gasteiger partial charge is 0.465 e. The molecular formula is C14H14F2O5S. The van der Waals surface area contributed by atoms with E-state index in [1.54, 1.807) is 11.8 Å². The molecule has 120 valence electrons. The van der Waals surface area contributed by atoms with E-state index in [1.807, 2.05) is 0 Å². The molecule has 5 nitrogen and oxygen atoms in total. The third-order valence-electron chi connectivity index (χ3n) is 3.53. The first-order valence-electron chi connectivity index (χ1n) is 6.70. The van der Waals surface area contributed by atoms with Crippen molar-refractivity contribution in [2.45, 2.75) is 25.2 Å². The van der Waals surface area contributed by atoms with Crippen LogP contribution in [0, 0.1) is 0 Å². The summed E-state index contributed by atoms with van der Waals surface area (Å²) >= 11 is 1.76. The molecule has 0 aromatic heterocycles. The van der Waals surface area contributed by atoms with Crippen LogP contribution in [0.15, 0.2) is 12.1 Å². The van der Waals surface area contributed by atoms with Crippen molar-refractivity contribution in [2.24, 2.45) is 0 Å². The predicted octanol–water partition coefficient (Wildman–Crippen LogP) is 3.07. The molecule has 0 saturated carbocycles. The van der Waals surface area contributed by atoms with E-state index in [4.69, 9.17) is 14.2 Å². The van der Waals surface area contributed by atoms with E-state index >= 15 is 0 Å². The van der Waals surface area contributed by atoms with Crippen molar-refractivity contribution in [1.82, 2.24) is 0 Å². The van der Waals surface area contributed by atoms with Crippen molar-refractivity contribution in [3.63, 3.8) is 0 Å². The molecule has 1 fully saturated rings. The topological polar surface area (TPSA) is 54.0 Å². The molecule has 0 amide bonds. The normalized spacial score (nSPS) is 18.5. The quantitative estimate of drug-likeness (QED) is 0.793. The van der Waals surface area contributed by atoms with Crippen molar-refractivity contribution < 1.29 is 32.5 Å². The van der Waals surface area contributed by atoms with Gasteiger partial charge in [0.25, 0.3) is 5.79 Å². The Balaban J connectivity index is 2.01. The van der Waals surface area contributed by atoms with Crippen LogP contribution in [0.5, 0.6) is 17.2 Å². The molecule has 0 unspecified atom stereocenters. The minimum atomic E-state index is -2.99. The van der Waals surface area contributed by atoms with Gasteiger partial charge in [-0.2, -0.15) is 20.5 Å². The van der Waals surface area contributed by atoms with Crippen LogP contribution in [0.4, 0.5) is 8.78 Å². The van der Waals surface area contributed by atoms with E-state index in [-0.39, 0.29) is 22.8 Å². The summed E-state index contributed by atoms with van der Waals surface area (Å²) in [6.07, 6.45) is 1.20. The number of fused-ring (bicyclic) bond motifs is 1. The average molecular weight is 332 g/mol. The van der Waals surface area contributed by atoms with Crippen molar-refractivity contribution in [2.75, 3.05) is 18.6 Å². The van der Waals surface area contributed by atoms with Gasteiger partial charge in [0.15, 0.2) is 11.5 Å². The maximum atomic E-state index is 12.5. The molecular weight excluding hydrogens is 318 g/mol. The molecule has 2 aliphatic rings. The number of hydrogen-bond acceptors (Lipinski definition) is 6. The smallest absolute Gasteiger partial charge is 0.387 e. The number of thioether (sulfide) groups is 1. The van der Waals surface area contributed by atoms with E-state index in [0.717, 1.165) is 11.5 Å². The van der Waals surface area contributed by atoms with Crippen molar-refractivity contribution in [3.05, 3.63) is 17.7 Å². The molecule has 1 aromatic rings. The molecule has 0 atom stereocenters. The van der Waals surface area contributed by atoms with Gasteiger partial charge in [-0.3, -0.25) is 0 Å². The van der Waals surface area contributed by atoms with Crippen LogP contribution in [0.1, 0.15) is 23.2 Å². The highest BCUT2D eigenvalue weighted by atomic mass is 32.2. The number of rotatable bonds is 3. The SMILES string of the molecule is COC(=O)c1ccc(OC(F)F)c2c1OC1(CCSCC1)O2. The maximum Gasteiger partial charge on any atom is 0.387 e. The summed E-state index contributed by atoms with van der Waals surface area (Å²) in [5.41, 5.74) is 0.134. The zero-order chi connectivity index (χ0) is 15.7. The number of ether oxygens (including phenoxy) is 4. The minimum Gasteiger partial charge on any atom is -0.465 e. The Morgan fingerprint density at radius 2 is 1.95 bits per heavy atom. The van der Waals surface area contributed by atoms with E-state index in [1.165, 1.54) is 19.2 Å². The van der Waals surface area contributed by atoms with Crippen LogP contribution in [0.25, 0.3) is 0 Å². The summed E-state index contributed by atoms with van der Waals surface area (Å²) in [4.78, 5) is 11.8. The zero-order valence-corrected chi connectivity index (χ0v) is 12.6. The van der Waals surface area contributed by atoms with E-state index in [2.05, 4.69) is 4.74 Å². The second-order valence-electron chi connectivity index (χ2n) is 4.87. The summed E-state index contributed by atoms with van der Waals surface area (Å²) in [6, 6.07) is 2.60. The molecule has 0 radical (unpaired) electrons. The molecule has 1 saturated heterocycles. The van der Waals surface area contributed by atoms with Gasteiger partial charge < -0.3 is 18.9 Å². The summed E-state index contributed by atoms with van der Waals surface area (Å²) in [7, 11) is 1.24. The van der Waals surface area contributed by atoms with Gasteiger partial charge in [0.2, 0.25) is 5.75 Å². The Hall–Kier alpha value is -1.70. The summed E-state index contributed by atoms with van der Waals surface area (Å²) in [5, 5.41) is 0. The number of methoxy groups -OCH3 is 1. The van der Waals surface area contributed by atoms with Gasteiger partial charge in [0.1, 0.15) is 5.56 Å². The zero-order valence-electron chi connectivity index (χ0n) is 11.8. The van der Waals surface area contributed by atoms with Crippen LogP contribution >= 0.6 is 11.8 Å². The van der Waals surface area contributed by atoms with E-state index < -0.39 is 18.4 Å². The van der Waals surface area contributed by atoms with Crippen LogP contribution < -0.4 is 14.2 Å².